The molecular formula is C18H22N2O3. The number of methoxy groups -OCH3 is 1. The van der Waals surface area contributed by atoms with Gasteiger partial charge in [-0.15, -0.1) is 0 Å². The Kier molecular flexibility index (Phi) is 6.59. The number of hydrogen-bond donors (Lipinski definition) is 2. The van der Waals surface area contributed by atoms with Crippen LogP contribution in [0.2, 0.25) is 0 Å². The van der Waals surface area contributed by atoms with Crippen LogP contribution in [-0.2, 0) is 22.7 Å². The third-order valence-electron chi connectivity index (χ3n) is 3.22. The minimum atomic E-state index is -0.288. The van der Waals surface area contributed by atoms with E-state index in [1.807, 2.05) is 55.5 Å². The number of carbonyl (C=O) groups excluding carboxylic acids is 1. The van der Waals surface area contributed by atoms with Crippen LogP contribution >= 0.6 is 0 Å². The molecule has 0 saturated heterocycles. The molecule has 0 unspecified atom stereocenters. The van der Waals surface area contributed by atoms with Crippen LogP contribution in [0.1, 0.15) is 18.1 Å². The van der Waals surface area contributed by atoms with Gasteiger partial charge in [-0.3, -0.25) is 0 Å². The monoisotopic (exact) mass is 314 g/mol. The van der Waals surface area contributed by atoms with E-state index in [-0.39, 0.29) is 6.03 Å². The number of nitrogens with one attached hydrogen (secondary N) is 2. The van der Waals surface area contributed by atoms with Crippen molar-refractivity contribution >= 4 is 17.4 Å². The quantitative estimate of drug-likeness (QED) is 0.811. The van der Waals surface area contributed by atoms with E-state index in [0.29, 0.717) is 19.8 Å². The number of amides is 2. The highest BCUT2D eigenvalue weighted by atomic mass is 16.5. The van der Waals surface area contributed by atoms with Crippen molar-refractivity contribution in [1.29, 1.82) is 0 Å². The van der Waals surface area contributed by atoms with Gasteiger partial charge < -0.3 is 20.1 Å². The van der Waals surface area contributed by atoms with Gasteiger partial charge in [0, 0.05) is 30.7 Å². The van der Waals surface area contributed by atoms with E-state index in [1.165, 1.54) is 0 Å². The van der Waals surface area contributed by atoms with E-state index in [1.54, 1.807) is 7.11 Å². The first-order valence-electron chi connectivity index (χ1n) is 7.54. The molecule has 0 aliphatic rings. The molecule has 0 heterocycles. The molecule has 23 heavy (non-hydrogen) atoms. The minimum Gasteiger partial charge on any atom is -0.380 e. The Hall–Kier alpha value is -2.37. The predicted molar refractivity (Wildman–Crippen MR) is 91.6 cm³/mol. The van der Waals surface area contributed by atoms with E-state index in [4.69, 9.17) is 9.47 Å². The van der Waals surface area contributed by atoms with Crippen LogP contribution in [0.5, 0.6) is 0 Å². The van der Waals surface area contributed by atoms with Crippen LogP contribution in [0, 0.1) is 0 Å². The number of urea groups is 1. The van der Waals surface area contributed by atoms with Crippen molar-refractivity contribution < 1.29 is 14.3 Å². The second kappa shape index (κ2) is 8.92. The van der Waals surface area contributed by atoms with Crippen LogP contribution in [0.4, 0.5) is 16.2 Å². The highest BCUT2D eigenvalue weighted by Gasteiger charge is 2.07. The molecule has 0 atom stereocenters. The molecule has 2 aromatic carbocycles. The smallest absolute Gasteiger partial charge is 0.323 e. The van der Waals surface area contributed by atoms with Crippen molar-refractivity contribution in [2.75, 3.05) is 24.4 Å². The van der Waals surface area contributed by atoms with E-state index in [0.717, 1.165) is 22.5 Å². The molecule has 0 aliphatic heterocycles. The Morgan fingerprint density at radius 1 is 1.04 bits per heavy atom. The molecule has 0 bridgehead atoms. The summed E-state index contributed by atoms with van der Waals surface area (Å²) in [6.45, 7) is 3.55. The molecule has 0 radical (unpaired) electrons. The van der Waals surface area contributed by atoms with Crippen molar-refractivity contribution in [2.24, 2.45) is 0 Å². The molecule has 0 aliphatic carbocycles. The summed E-state index contributed by atoms with van der Waals surface area (Å²) in [4.78, 5) is 12.2. The van der Waals surface area contributed by atoms with Crippen molar-refractivity contribution in [2.45, 2.75) is 20.1 Å². The number of benzene rings is 2. The van der Waals surface area contributed by atoms with E-state index in [2.05, 4.69) is 10.6 Å². The minimum absolute atomic E-state index is 0.288. The van der Waals surface area contributed by atoms with Gasteiger partial charge in [0.05, 0.1) is 13.2 Å². The van der Waals surface area contributed by atoms with Crippen LogP contribution in [-0.4, -0.2) is 19.7 Å². The highest BCUT2D eigenvalue weighted by Crippen LogP contribution is 2.17. The van der Waals surface area contributed by atoms with Crippen LogP contribution < -0.4 is 10.6 Å². The van der Waals surface area contributed by atoms with Crippen LogP contribution in [0.3, 0.4) is 0 Å². The van der Waals surface area contributed by atoms with Crippen molar-refractivity contribution in [1.82, 2.24) is 0 Å². The zero-order chi connectivity index (χ0) is 16.5. The molecule has 0 aromatic heterocycles. The summed E-state index contributed by atoms with van der Waals surface area (Å²) in [6, 6.07) is 14.9. The normalized spacial score (nSPS) is 10.3. The van der Waals surface area contributed by atoms with E-state index >= 15 is 0 Å². The Morgan fingerprint density at radius 2 is 1.87 bits per heavy atom. The molecule has 122 valence electrons. The number of anilines is 2. The first kappa shape index (κ1) is 17.0. The van der Waals surface area contributed by atoms with Gasteiger partial charge in [-0.25, -0.2) is 4.79 Å². The number of para-hydroxylation sites is 1. The zero-order valence-corrected chi connectivity index (χ0v) is 13.5. The summed E-state index contributed by atoms with van der Waals surface area (Å²) in [7, 11) is 1.64. The van der Waals surface area contributed by atoms with Gasteiger partial charge in [-0.2, -0.15) is 0 Å². The predicted octanol–water partition coefficient (Wildman–Crippen LogP) is 4.01. The first-order chi connectivity index (χ1) is 11.2. The van der Waals surface area contributed by atoms with Gasteiger partial charge in [0.2, 0.25) is 0 Å². The Morgan fingerprint density at radius 3 is 2.65 bits per heavy atom. The summed E-state index contributed by atoms with van der Waals surface area (Å²) >= 11 is 0. The maximum atomic E-state index is 12.2. The Bertz CT molecular complexity index is 644. The molecule has 2 amide bonds. The summed E-state index contributed by atoms with van der Waals surface area (Å²) in [5.74, 6) is 0. The second-order valence-electron chi connectivity index (χ2n) is 5.01. The second-order valence-corrected chi connectivity index (χ2v) is 5.01. The van der Waals surface area contributed by atoms with E-state index < -0.39 is 0 Å². The fourth-order valence-corrected chi connectivity index (χ4v) is 2.17. The Balaban J connectivity index is 2.01. The molecule has 0 saturated carbocycles. The van der Waals surface area contributed by atoms with Gasteiger partial charge in [-0.05, 0) is 30.7 Å². The molecule has 5 heteroatoms. The molecule has 5 nitrogen and oxygen atoms in total. The summed E-state index contributed by atoms with van der Waals surface area (Å²) < 4.78 is 10.5. The van der Waals surface area contributed by atoms with Crippen molar-refractivity contribution in [3.8, 4) is 0 Å². The fourth-order valence-electron chi connectivity index (χ4n) is 2.17. The van der Waals surface area contributed by atoms with Gasteiger partial charge in [0.1, 0.15) is 0 Å². The summed E-state index contributed by atoms with van der Waals surface area (Å²) in [5.41, 5.74) is 3.41. The molecule has 2 N–H and O–H groups in total. The van der Waals surface area contributed by atoms with Gasteiger partial charge in [0.25, 0.3) is 0 Å². The van der Waals surface area contributed by atoms with Gasteiger partial charge in [0.15, 0.2) is 0 Å². The standard InChI is InChI=1S/C18H22N2O3/c1-3-23-13-15-8-4-5-10-17(15)20-18(21)19-16-9-6-7-14(11-16)12-22-2/h4-11H,3,12-13H2,1-2H3,(H2,19,20,21). The van der Waals surface area contributed by atoms with Gasteiger partial charge >= 0.3 is 6.03 Å². The molecule has 2 rings (SSSR count). The molecule has 0 fully saturated rings. The molecule has 0 spiro atoms. The maximum absolute atomic E-state index is 12.2. The van der Waals surface area contributed by atoms with E-state index in [9.17, 15) is 4.79 Å². The number of rotatable bonds is 7. The van der Waals surface area contributed by atoms with Crippen molar-refractivity contribution in [3.63, 3.8) is 0 Å². The topological polar surface area (TPSA) is 59.6 Å². The van der Waals surface area contributed by atoms with Crippen LogP contribution in [0.15, 0.2) is 48.5 Å². The SMILES string of the molecule is CCOCc1ccccc1NC(=O)Nc1cccc(COC)c1. The lowest BCUT2D eigenvalue weighted by Crippen LogP contribution is -2.20. The number of hydrogen-bond acceptors (Lipinski definition) is 3. The summed E-state index contributed by atoms with van der Waals surface area (Å²) in [5, 5.41) is 5.68. The fraction of sp³-hybridized carbons (Fsp3) is 0.278. The Labute approximate surface area is 136 Å². The van der Waals surface area contributed by atoms with Crippen molar-refractivity contribution in [3.05, 3.63) is 59.7 Å². The lowest BCUT2D eigenvalue weighted by molar-refractivity contribution is 0.134. The number of ether oxygens (including phenoxy) is 2. The molecule has 2 aromatic rings. The summed E-state index contributed by atoms with van der Waals surface area (Å²) in [6.07, 6.45) is 0. The average molecular weight is 314 g/mol. The maximum Gasteiger partial charge on any atom is 0.323 e. The van der Waals surface area contributed by atoms with Crippen LogP contribution in [0.25, 0.3) is 0 Å². The molecular weight excluding hydrogens is 292 g/mol. The highest BCUT2D eigenvalue weighted by molar-refractivity contribution is 6.00. The first-order valence-corrected chi connectivity index (χ1v) is 7.54. The third kappa shape index (κ3) is 5.39. The lowest BCUT2D eigenvalue weighted by Gasteiger charge is -2.12. The van der Waals surface area contributed by atoms with Gasteiger partial charge in [-0.1, -0.05) is 30.3 Å². The average Bonchev–Trinajstić information content (AvgIpc) is 2.54. The largest absolute Gasteiger partial charge is 0.380 e. The third-order valence-corrected chi connectivity index (χ3v) is 3.22. The number of carbonyl (C=O) groups is 1. The lowest BCUT2D eigenvalue weighted by atomic mass is 10.2. The zero-order valence-electron chi connectivity index (χ0n) is 13.5.